The van der Waals surface area contributed by atoms with Crippen molar-refractivity contribution in [3.63, 3.8) is 0 Å². The second-order valence-electron chi connectivity index (χ2n) is 1.98. The normalized spacial score (nSPS) is 9.56. The second kappa shape index (κ2) is 3.20. The zero-order valence-corrected chi connectivity index (χ0v) is 7.55. The summed E-state index contributed by atoms with van der Waals surface area (Å²) >= 11 is 2.33. The van der Waals surface area contributed by atoms with Crippen molar-refractivity contribution in [2.45, 2.75) is 13.3 Å². The predicted octanol–water partition coefficient (Wildman–Crippen LogP) is 2.85. The predicted molar refractivity (Wildman–Crippen MR) is 48.5 cm³/mol. The summed E-state index contributed by atoms with van der Waals surface area (Å²) in [6, 6.07) is 8.57. The van der Waals surface area contributed by atoms with Gasteiger partial charge in [-0.05, 0) is 46.7 Å². The molecular formula is C8H9I. The van der Waals surface area contributed by atoms with Crippen LogP contribution in [-0.2, 0) is 6.42 Å². The van der Waals surface area contributed by atoms with Crippen LogP contribution in [0.25, 0.3) is 0 Å². The van der Waals surface area contributed by atoms with Crippen LogP contribution < -0.4 is 0 Å². The van der Waals surface area contributed by atoms with E-state index in [0.717, 1.165) is 6.42 Å². The van der Waals surface area contributed by atoms with E-state index in [1.165, 1.54) is 9.13 Å². The molecule has 0 spiro atoms. The van der Waals surface area contributed by atoms with Crippen LogP contribution in [0.15, 0.2) is 24.3 Å². The maximum absolute atomic E-state index is 2.33. The highest BCUT2D eigenvalue weighted by Gasteiger charge is 1.87. The summed E-state index contributed by atoms with van der Waals surface area (Å²) in [5.41, 5.74) is 1.42. The minimum Gasteiger partial charge on any atom is -0.0613 e. The fourth-order valence-corrected chi connectivity index (χ4v) is 1.36. The SMILES string of the molecule is CCc1cccc(I)c1. The molecule has 1 heteroatoms. The zero-order valence-electron chi connectivity index (χ0n) is 5.39. The lowest BCUT2D eigenvalue weighted by atomic mass is 10.2. The van der Waals surface area contributed by atoms with E-state index in [9.17, 15) is 0 Å². The Morgan fingerprint density at radius 2 is 2.22 bits per heavy atom. The Kier molecular flexibility index (Phi) is 2.51. The van der Waals surface area contributed by atoms with Crippen molar-refractivity contribution in [1.82, 2.24) is 0 Å². The van der Waals surface area contributed by atoms with Gasteiger partial charge in [-0.3, -0.25) is 0 Å². The summed E-state index contributed by atoms with van der Waals surface area (Å²) < 4.78 is 1.33. The molecule has 0 nitrogen and oxygen atoms in total. The highest BCUT2D eigenvalue weighted by Crippen LogP contribution is 2.07. The molecule has 1 rings (SSSR count). The van der Waals surface area contributed by atoms with E-state index in [4.69, 9.17) is 0 Å². The second-order valence-corrected chi connectivity index (χ2v) is 3.23. The molecule has 0 aliphatic carbocycles. The number of hydrogen-bond donors (Lipinski definition) is 0. The van der Waals surface area contributed by atoms with E-state index in [-0.39, 0.29) is 0 Å². The summed E-state index contributed by atoms with van der Waals surface area (Å²) in [5.74, 6) is 0. The molecule has 1 aromatic rings. The molecule has 48 valence electrons. The van der Waals surface area contributed by atoms with E-state index in [1.54, 1.807) is 0 Å². The van der Waals surface area contributed by atoms with E-state index >= 15 is 0 Å². The lowest BCUT2D eigenvalue weighted by Crippen LogP contribution is -1.78. The van der Waals surface area contributed by atoms with Gasteiger partial charge < -0.3 is 0 Å². The third-order valence-corrected chi connectivity index (χ3v) is 1.97. The molecule has 0 heterocycles. The quantitative estimate of drug-likeness (QED) is 0.653. The lowest BCUT2D eigenvalue weighted by Gasteiger charge is -1.94. The molecule has 0 aromatic heterocycles. The highest BCUT2D eigenvalue weighted by atomic mass is 127. The minimum absolute atomic E-state index is 1.14. The first-order valence-corrected chi connectivity index (χ1v) is 4.15. The maximum atomic E-state index is 2.33. The Bertz CT molecular complexity index is 194. The first-order valence-electron chi connectivity index (χ1n) is 3.07. The van der Waals surface area contributed by atoms with Crippen LogP contribution in [0.3, 0.4) is 0 Å². The molecule has 0 saturated heterocycles. The maximum Gasteiger partial charge on any atom is 0.0133 e. The van der Waals surface area contributed by atoms with Crippen LogP contribution in [0.5, 0.6) is 0 Å². The van der Waals surface area contributed by atoms with Crippen molar-refractivity contribution in [1.29, 1.82) is 0 Å². The van der Waals surface area contributed by atoms with Crippen molar-refractivity contribution in [2.75, 3.05) is 0 Å². The number of aryl methyl sites for hydroxylation is 1. The van der Waals surface area contributed by atoms with Gasteiger partial charge in [-0.15, -0.1) is 0 Å². The number of rotatable bonds is 1. The van der Waals surface area contributed by atoms with Gasteiger partial charge in [0, 0.05) is 3.57 Å². The molecule has 0 unspecified atom stereocenters. The fraction of sp³-hybridized carbons (Fsp3) is 0.250. The molecule has 0 fully saturated rings. The zero-order chi connectivity index (χ0) is 6.69. The van der Waals surface area contributed by atoms with Gasteiger partial charge in [0.25, 0.3) is 0 Å². The average Bonchev–Trinajstić information content (AvgIpc) is 1.88. The van der Waals surface area contributed by atoms with E-state index in [1.807, 2.05) is 0 Å². The lowest BCUT2D eigenvalue weighted by molar-refractivity contribution is 1.14. The minimum atomic E-state index is 1.14. The molecule has 0 amide bonds. The highest BCUT2D eigenvalue weighted by molar-refractivity contribution is 14.1. The standard InChI is InChI=1S/C8H9I/c1-2-7-4-3-5-8(9)6-7/h3-6H,2H2,1H3. The molecule has 0 radical (unpaired) electrons. The van der Waals surface area contributed by atoms with E-state index < -0.39 is 0 Å². The van der Waals surface area contributed by atoms with Crippen LogP contribution in [0.2, 0.25) is 0 Å². The molecule has 0 bridgehead atoms. The Balaban J connectivity index is 2.94. The summed E-state index contributed by atoms with van der Waals surface area (Å²) in [6.07, 6.45) is 1.14. The number of halogens is 1. The molecule has 1 aromatic carbocycles. The van der Waals surface area contributed by atoms with Crippen LogP contribution in [-0.4, -0.2) is 0 Å². The van der Waals surface area contributed by atoms with Gasteiger partial charge in [0.2, 0.25) is 0 Å². The van der Waals surface area contributed by atoms with Gasteiger partial charge >= 0.3 is 0 Å². The van der Waals surface area contributed by atoms with Crippen LogP contribution in [0, 0.1) is 3.57 Å². The summed E-state index contributed by atoms with van der Waals surface area (Å²) in [4.78, 5) is 0. The fourth-order valence-electron chi connectivity index (χ4n) is 0.757. The molecule has 0 aliphatic heterocycles. The van der Waals surface area contributed by atoms with Gasteiger partial charge in [-0.1, -0.05) is 19.1 Å². The first kappa shape index (κ1) is 7.06. The Hall–Kier alpha value is -0.0500. The van der Waals surface area contributed by atoms with Crippen molar-refractivity contribution in [3.05, 3.63) is 33.4 Å². The van der Waals surface area contributed by atoms with E-state index in [0.29, 0.717) is 0 Å². The largest absolute Gasteiger partial charge is 0.0613 e. The summed E-state index contributed by atoms with van der Waals surface area (Å²) in [5, 5.41) is 0. The first-order chi connectivity index (χ1) is 4.33. The molecular weight excluding hydrogens is 223 g/mol. The smallest absolute Gasteiger partial charge is 0.0133 e. The number of hydrogen-bond acceptors (Lipinski definition) is 0. The molecule has 0 atom stereocenters. The van der Waals surface area contributed by atoms with Crippen LogP contribution in [0.1, 0.15) is 12.5 Å². The average molecular weight is 232 g/mol. The van der Waals surface area contributed by atoms with Gasteiger partial charge in [0.05, 0.1) is 0 Å². The Morgan fingerprint density at radius 3 is 2.67 bits per heavy atom. The summed E-state index contributed by atoms with van der Waals surface area (Å²) in [6.45, 7) is 2.17. The monoisotopic (exact) mass is 232 g/mol. The van der Waals surface area contributed by atoms with Crippen molar-refractivity contribution in [2.24, 2.45) is 0 Å². The Labute approximate surface area is 69.4 Å². The molecule has 0 aliphatic rings. The van der Waals surface area contributed by atoms with E-state index in [2.05, 4.69) is 53.8 Å². The van der Waals surface area contributed by atoms with Crippen molar-refractivity contribution in [3.8, 4) is 0 Å². The third-order valence-electron chi connectivity index (χ3n) is 1.30. The van der Waals surface area contributed by atoms with Gasteiger partial charge in [-0.2, -0.15) is 0 Å². The summed E-state index contributed by atoms with van der Waals surface area (Å²) in [7, 11) is 0. The molecule has 0 saturated carbocycles. The van der Waals surface area contributed by atoms with Crippen molar-refractivity contribution >= 4 is 22.6 Å². The topological polar surface area (TPSA) is 0 Å². The third kappa shape index (κ3) is 1.97. The van der Waals surface area contributed by atoms with Gasteiger partial charge in [-0.25, -0.2) is 0 Å². The molecule has 0 N–H and O–H groups in total. The van der Waals surface area contributed by atoms with Crippen LogP contribution >= 0.6 is 22.6 Å². The van der Waals surface area contributed by atoms with Crippen molar-refractivity contribution < 1.29 is 0 Å². The van der Waals surface area contributed by atoms with Gasteiger partial charge in [0.15, 0.2) is 0 Å². The Morgan fingerprint density at radius 1 is 1.44 bits per heavy atom. The van der Waals surface area contributed by atoms with Gasteiger partial charge in [0.1, 0.15) is 0 Å². The molecule has 9 heavy (non-hydrogen) atoms. The number of benzene rings is 1. The van der Waals surface area contributed by atoms with Crippen LogP contribution in [0.4, 0.5) is 0 Å².